The molecule has 0 spiro atoms. The number of thioether (sulfide) groups is 1. The van der Waals surface area contributed by atoms with Crippen LogP contribution in [0, 0.1) is 12.7 Å². The van der Waals surface area contributed by atoms with E-state index in [0.717, 1.165) is 17.9 Å². The summed E-state index contributed by atoms with van der Waals surface area (Å²) in [5.41, 5.74) is 2.46. The highest BCUT2D eigenvalue weighted by Gasteiger charge is 2.19. The number of hydrogen-bond donors (Lipinski definition) is 1. The van der Waals surface area contributed by atoms with Crippen LogP contribution in [0.3, 0.4) is 0 Å². The Morgan fingerprint density at radius 1 is 1.11 bits per heavy atom. The van der Waals surface area contributed by atoms with Crippen LogP contribution < -0.4 is 5.32 Å². The van der Waals surface area contributed by atoms with Crippen molar-refractivity contribution >= 4 is 34.6 Å². The molecule has 0 radical (unpaired) electrons. The summed E-state index contributed by atoms with van der Waals surface area (Å²) in [5.74, 6) is 1.53. The van der Waals surface area contributed by atoms with Gasteiger partial charge in [-0.15, -0.1) is 11.8 Å². The molecule has 9 heteroatoms. The van der Waals surface area contributed by atoms with Crippen molar-refractivity contribution in [2.75, 3.05) is 25.0 Å². The van der Waals surface area contributed by atoms with Gasteiger partial charge in [0.05, 0.1) is 11.2 Å². The maximum Gasteiger partial charge on any atom is 0.228 e. The molecule has 0 saturated carbocycles. The molecule has 188 valence electrons. The van der Waals surface area contributed by atoms with Gasteiger partial charge in [0.2, 0.25) is 5.95 Å². The number of fused-ring (bicyclic) bond motifs is 1. The van der Waals surface area contributed by atoms with Crippen molar-refractivity contribution in [2.45, 2.75) is 56.7 Å². The Labute approximate surface area is 215 Å². The number of aryl methyl sites for hydroxylation is 1. The van der Waals surface area contributed by atoms with Gasteiger partial charge >= 0.3 is 0 Å². The first-order valence-corrected chi connectivity index (χ1v) is 13.4. The number of pyridine rings is 1. The van der Waals surface area contributed by atoms with Crippen molar-refractivity contribution in [3.05, 3.63) is 54.4 Å². The average molecular weight is 506 g/mol. The highest BCUT2D eigenvalue weighted by Crippen LogP contribution is 2.31. The maximum absolute atomic E-state index is 14.9. The molecule has 36 heavy (non-hydrogen) atoms. The quantitative estimate of drug-likeness (QED) is 0.319. The Kier molecular flexibility index (Phi) is 7.20. The number of imidazole rings is 1. The standard InChI is InChI=1S/C27H32FN7S/c1-5-34-12-9-20(10-13-34)36-21-6-7-25(30-16-21)33-27-29-11-8-23(32-27)19-14-22(28)26-24(15-19)35(17(2)3)18(4)31-26/h6-8,11,14-17,20H,5,9-10,12-13H2,1-4H3,(H,29,30,32,33). The first-order chi connectivity index (χ1) is 17.4. The lowest BCUT2D eigenvalue weighted by atomic mass is 10.1. The minimum Gasteiger partial charge on any atom is -0.326 e. The van der Waals surface area contributed by atoms with Crippen LogP contribution in [0.15, 0.2) is 47.6 Å². The molecule has 3 aromatic heterocycles. The number of nitrogens with zero attached hydrogens (tertiary/aromatic N) is 6. The van der Waals surface area contributed by atoms with Gasteiger partial charge in [0.25, 0.3) is 0 Å². The molecule has 4 heterocycles. The summed E-state index contributed by atoms with van der Waals surface area (Å²) in [4.78, 5) is 21.6. The lowest BCUT2D eigenvalue weighted by molar-refractivity contribution is 0.244. The summed E-state index contributed by atoms with van der Waals surface area (Å²) < 4.78 is 17.0. The molecule has 1 aliphatic rings. The second-order valence-corrected chi connectivity index (χ2v) is 10.8. The SMILES string of the molecule is CCN1CCC(Sc2ccc(Nc3nccc(-c4cc(F)c5nc(C)n(C(C)C)c5c4)n3)nc2)CC1. The Balaban J connectivity index is 1.31. The normalized spacial score (nSPS) is 15.2. The molecule has 0 unspecified atom stereocenters. The van der Waals surface area contributed by atoms with E-state index in [4.69, 9.17) is 0 Å². The first kappa shape index (κ1) is 24.6. The summed E-state index contributed by atoms with van der Waals surface area (Å²) in [6.45, 7) is 11.7. The van der Waals surface area contributed by atoms with Gasteiger partial charge in [-0.2, -0.15) is 0 Å². The Bertz CT molecular complexity index is 1340. The molecule has 0 amide bonds. The predicted octanol–water partition coefficient (Wildman–Crippen LogP) is 6.24. The first-order valence-electron chi connectivity index (χ1n) is 12.5. The van der Waals surface area contributed by atoms with Crippen molar-refractivity contribution in [1.82, 2.24) is 29.4 Å². The van der Waals surface area contributed by atoms with Crippen molar-refractivity contribution in [2.24, 2.45) is 0 Å². The lowest BCUT2D eigenvalue weighted by Crippen LogP contribution is -2.34. The van der Waals surface area contributed by atoms with Crippen molar-refractivity contribution in [3.8, 4) is 11.3 Å². The van der Waals surface area contributed by atoms with Gasteiger partial charge < -0.3 is 14.8 Å². The zero-order chi connectivity index (χ0) is 25.2. The number of piperidine rings is 1. The predicted molar refractivity (Wildman–Crippen MR) is 144 cm³/mol. The van der Waals surface area contributed by atoms with E-state index in [-0.39, 0.29) is 11.9 Å². The molecule has 0 bridgehead atoms. The van der Waals surface area contributed by atoms with Crippen LogP contribution in [0.5, 0.6) is 0 Å². The van der Waals surface area contributed by atoms with Crippen molar-refractivity contribution in [1.29, 1.82) is 0 Å². The molecule has 1 N–H and O–H groups in total. The van der Waals surface area contributed by atoms with E-state index < -0.39 is 0 Å². The third kappa shape index (κ3) is 5.22. The van der Waals surface area contributed by atoms with E-state index in [2.05, 4.69) is 57.0 Å². The van der Waals surface area contributed by atoms with E-state index in [0.29, 0.717) is 33.8 Å². The molecule has 4 aromatic rings. The van der Waals surface area contributed by atoms with E-state index in [9.17, 15) is 4.39 Å². The second kappa shape index (κ2) is 10.5. The van der Waals surface area contributed by atoms with Gasteiger partial charge in [-0.05, 0) is 83.6 Å². The zero-order valence-corrected chi connectivity index (χ0v) is 22.0. The van der Waals surface area contributed by atoms with Gasteiger partial charge in [-0.3, -0.25) is 0 Å². The van der Waals surface area contributed by atoms with E-state index in [1.807, 2.05) is 41.6 Å². The molecule has 7 nitrogen and oxygen atoms in total. The molecule has 0 aliphatic carbocycles. The van der Waals surface area contributed by atoms with Gasteiger partial charge in [0.15, 0.2) is 5.82 Å². The van der Waals surface area contributed by atoms with Gasteiger partial charge in [-0.1, -0.05) is 6.92 Å². The second-order valence-electron chi connectivity index (χ2n) is 9.47. The van der Waals surface area contributed by atoms with Gasteiger partial charge in [0.1, 0.15) is 17.2 Å². The average Bonchev–Trinajstić information content (AvgIpc) is 3.22. The smallest absolute Gasteiger partial charge is 0.228 e. The van der Waals surface area contributed by atoms with Crippen LogP contribution in [0.2, 0.25) is 0 Å². The Morgan fingerprint density at radius 3 is 2.61 bits per heavy atom. The fourth-order valence-electron chi connectivity index (χ4n) is 4.82. The molecule has 1 aromatic carbocycles. The number of rotatable bonds is 7. The number of halogens is 1. The van der Waals surface area contributed by atoms with Crippen molar-refractivity contribution in [3.63, 3.8) is 0 Å². The van der Waals surface area contributed by atoms with E-state index >= 15 is 0 Å². The van der Waals surface area contributed by atoms with Gasteiger partial charge in [-0.25, -0.2) is 24.3 Å². The zero-order valence-electron chi connectivity index (χ0n) is 21.2. The number of nitrogens with one attached hydrogen (secondary N) is 1. The fourth-order valence-corrected chi connectivity index (χ4v) is 5.91. The highest BCUT2D eigenvalue weighted by atomic mass is 32.2. The number of anilines is 2. The van der Waals surface area contributed by atoms with Crippen LogP contribution >= 0.6 is 11.8 Å². The number of hydrogen-bond acceptors (Lipinski definition) is 7. The lowest BCUT2D eigenvalue weighted by Gasteiger charge is -2.30. The van der Waals surface area contributed by atoms with Crippen LogP contribution in [0.25, 0.3) is 22.3 Å². The Hall–Kier alpha value is -3.04. The van der Waals surface area contributed by atoms with Gasteiger partial charge in [0, 0.05) is 34.1 Å². The number of benzene rings is 1. The van der Waals surface area contributed by atoms with Crippen LogP contribution in [-0.4, -0.2) is 54.3 Å². The third-order valence-electron chi connectivity index (χ3n) is 6.65. The molecule has 1 fully saturated rings. The highest BCUT2D eigenvalue weighted by molar-refractivity contribution is 8.00. The summed E-state index contributed by atoms with van der Waals surface area (Å²) in [7, 11) is 0. The molecule has 5 rings (SSSR count). The molecule has 0 atom stereocenters. The summed E-state index contributed by atoms with van der Waals surface area (Å²) in [6, 6.07) is 9.43. The van der Waals surface area contributed by atoms with E-state index in [1.165, 1.54) is 36.9 Å². The molecule has 1 aliphatic heterocycles. The third-order valence-corrected chi connectivity index (χ3v) is 7.97. The summed E-state index contributed by atoms with van der Waals surface area (Å²) in [6.07, 6.45) is 6.00. The summed E-state index contributed by atoms with van der Waals surface area (Å²) >= 11 is 1.91. The maximum atomic E-state index is 14.9. The fraction of sp³-hybridized carbons (Fsp3) is 0.407. The molecular weight excluding hydrogens is 473 g/mol. The molecule has 1 saturated heterocycles. The molecular formula is C27H32FN7S. The minimum absolute atomic E-state index is 0.170. The van der Waals surface area contributed by atoms with E-state index in [1.54, 1.807) is 12.3 Å². The van der Waals surface area contributed by atoms with Crippen molar-refractivity contribution < 1.29 is 4.39 Å². The van der Waals surface area contributed by atoms with Crippen LogP contribution in [0.4, 0.5) is 16.2 Å². The largest absolute Gasteiger partial charge is 0.326 e. The Morgan fingerprint density at radius 2 is 1.92 bits per heavy atom. The van der Waals surface area contributed by atoms with Crippen LogP contribution in [0.1, 0.15) is 45.5 Å². The summed E-state index contributed by atoms with van der Waals surface area (Å²) in [5, 5.41) is 3.82. The number of aromatic nitrogens is 5. The monoisotopic (exact) mass is 505 g/mol. The number of likely N-dealkylation sites (tertiary alicyclic amines) is 1. The topological polar surface area (TPSA) is 71.8 Å². The minimum atomic E-state index is -0.353. The van der Waals surface area contributed by atoms with Crippen LogP contribution in [-0.2, 0) is 0 Å².